The predicted molar refractivity (Wildman–Crippen MR) is 74.4 cm³/mol. The van der Waals surface area contributed by atoms with Gasteiger partial charge in [-0.3, -0.25) is 9.69 Å². The van der Waals surface area contributed by atoms with Gasteiger partial charge in [-0.1, -0.05) is 15.9 Å². The van der Waals surface area contributed by atoms with Crippen molar-refractivity contribution in [2.45, 2.75) is 12.2 Å². The molecule has 21 heavy (non-hydrogen) atoms. The van der Waals surface area contributed by atoms with Crippen LogP contribution in [0.5, 0.6) is 0 Å². The number of rotatable bonds is 2. The van der Waals surface area contributed by atoms with Gasteiger partial charge in [0.2, 0.25) is 0 Å². The molecule has 0 saturated carbocycles. The lowest BCUT2D eigenvalue weighted by molar-refractivity contribution is -0.170. The first-order chi connectivity index (χ1) is 9.60. The van der Waals surface area contributed by atoms with Crippen LogP contribution in [0.15, 0.2) is 40.2 Å². The lowest BCUT2D eigenvalue weighted by atomic mass is 10.2. The first-order valence-electron chi connectivity index (χ1n) is 5.67. The van der Waals surface area contributed by atoms with Gasteiger partial charge in [0.15, 0.2) is 9.84 Å². The van der Waals surface area contributed by atoms with Crippen molar-refractivity contribution in [2.24, 2.45) is 0 Å². The van der Waals surface area contributed by atoms with Crippen molar-refractivity contribution < 1.29 is 26.4 Å². The van der Waals surface area contributed by atoms with Crippen LogP contribution < -0.4 is 4.90 Å². The second-order valence-corrected chi connectivity index (χ2v) is 7.22. The number of benzene rings is 1. The van der Waals surface area contributed by atoms with Gasteiger partial charge in [-0.2, -0.15) is 13.2 Å². The second-order valence-electron chi connectivity index (χ2n) is 4.37. The number of alkyl halides is 3. The Hall–Kier alpha value is -1.35. The number of anilines is 1. The summed E-state index contributed by atoms with van der Waals surface area (Å²) in [6, 6.07) is 4.39. The molecule has 0 N–H and O–H groups in total. The molecule has 0 saturated heterocycles. The summed E-state index contributed by atoms with van der Waals surface area (Å²) in [6.07, 6.45) is -4.01. The van der Waals surface area contributed by atoms with Crippen LogP contribution in [0.2, 0.25) is 0 Å². The number of carbonyl (C=O) groups is 1. The molecule has 1 heterocycles. The fraction of sp³-hybridized carbons (Fsp3) is 0.250. The Morgan fingerprint density at radius 3 is 2.24 bits per heavy atom. The normalized spacial score (nSPS) is 20.5. The molecular weight excluding hydrogens is 375 g/mol. The maximum atomic E-state index is 12.7. The summed E-state index contributed by atoms with van der Waals surface area (Å²) in [6.45, 7) is 0. The Morgan fingerprint density at radius 1 is 1.24 bits per heavy atom. The third kappa shape index (κ3) is 3.65. The van der Waals surface area contributed by atoms with Crippen molar-refractivity contribution in [2.75, 3.05) is 10.7 Å². The van der Waals surface area contributed by atoms with Crippen molar-refractivity contribution in [3.8, 4) is 0 Å². The average Bonchev–Trinajstić information content (AvgIpc) is 2.71. The van der Waals surface area contributed by atoms with E-state index in [0.717, 1.165) is 11.5 Å². The van der Waals surface area contributed by atoms with Gasteiger partial charge >= 0.3 is 12.1 Å². The molecule has 2 rings (SSSR count). The van der Waals surface area contributed by atoms with Crippen LogP contribution >= 0.6 is 15.9 Å². The monoisotopic (exact) mass is 383 g/mol. The lowest BCUT2D eigenvalue weighted by Gasteiger charge is -2.28. The van der Waals surface area contributed by atoms with Crippen LogP contribution in [-0.4, -0.2) is 32.3 Å². The van der Waals surface area contributed by atoms with E-state index in [2.05, 4.69) is 15.9 Å². The first kappa shape index (κ1) is 16.0. The Bertz CT molecular complexity index is 683. The maximum absolute atomic E-state index is 12.7. The molecule has 0 spiro atoms. The van der Waals surface area contributed by atoms with Crippen LogP contribution in [-0.2, 0) is 14.6 Å². The van der Waals surface area contributed by atoms with Crippen molar-refractivity contribution in [1.29, 1.82) is 0 Å². The average molecular weight is 384 g/mol. The topological polar surface area (TPSA) is 54.5 Å². The predicted octanol–water partition coefficient (Wildman–Crippen LogP) is 2.66. The van der Waals surface area contributed by atoms with Gasteiger partial charge in [-0.15, -0.1) is 0 Å². The molecule has 0 bridgehead atoms. The molecule has 0 radical (unpaired) electrons. The summed E-state index contributed by atoms with van der Waals surface area (Å²) in [5, 5.41) is 0.827. The lowest BCUT2D eigenvalue weighted by Crippen LogP contribution is -2.47. The number of halogens is 4. The van der Waals surface area contributed by atoms with Crippen LogP contribution in [0.4, 0.5) is 18.9 Å². The summed E-state index contributed by atoms with van der Waals surface area (Å²) in [4.78, 5) is 12.1. The van der Waals surface area contributed by atoms with E-state index in [-0.39, 0.29) is 5.69 Å². The molecule has 1 aliphatic rings. The van der Waals surface area contributed by atoms with Gasteiger partial charge < -0.3 is 0 Å². The molecule has 1 aliphatic heterocycles. The third-order valence-electron chi connectivity index (χ3n) is 2.81. The summed E-state index contributed by atoms with van der Waals surface area (Å²) >= 11 is 3.14. The molecule has 1 aromatic carbocycles. The number of sulfone groups is 1. The fourth-order valence-corrected chi connectivity index (χ4v) is 3.45. The molecule has 0 unspecified atom stereocenters. The van der Waals surface area contributed by atoms with Crippen molar-refractivity contribution >= 4 is 37.4 Å². The summed E-state index contributed by atoms with van der Waals surface area (Å²) in [5.41, 5.74) is -0.0210. The molecular formula is C12H9BrF3NO3S. The Labute approximate surface area is 127 Å². The number of carbonyl (C=O) groups excluding carboxylic acids is 1. The van der Waals surface area contributed by atoms with Crippen LogP contribution in [0, 0.1) is 0 Å². The van der Waals surface area contributed by atoms with Crippen LogP contribution in [0.1, 0.15) is 0 Å². The first-order valence-corrected chi connectivity index (χ1v) is 8.18. The van der Waals surface area contributed by atoms with Gasteiger partial charge in [-0.05, 0) is 30.3 Å². The fourth-order valence-electron chi connectivity index (χ4n) is 1.92. The van der Waals surface area contributed by atoms with E-state index >= 15 is 0 Å². The highest BCUT2D eigenvalue weighted by molar-refractivity contribution is 9.10. The van der Waals surface area contributed by atoms with Gasteiger partial charge in [0.05, 0.1) is 11.8 Å². The van der Waals surface area contributed by atoms with E-state index in [1.54, 1.807) is 0 Å². The minimum atomic E-state index is -5.09. The highest BCUT2D eigenvalue weighted by atomic mass is 79.9. The summed E-state index contributed by atoms with van der Waals surface area (Å²) in [5.74, 6) is -2.66. The highest BCUT2D eigenvalue weighted by Gasteiger charge is 2.46. The Kier molecular flexibility index (Phi) is 4.16. The smallest absolute Gasteiger partial charge is 0.297 e. The van der Waals surface area contributed by atoms with E-state index in [1.165, 1.54) is 24.3 Å². The molecule has 114 valence electrons. The zero-order valence-corrected chi connectivity index (χ0v) is 12.7. The molecule has 4 nitrogen and oxygen atoms in total. The van der Waals surface area contributed by atoms with Gasteiger partial charge in [0, 0.05) is 15.6 Å². The molecule has 0 aliphatic carbocycles. The Morgan fingerprint density at radius 2 is 1.81 bits per heavy atom. The van der Waals surface area contributed by atoms with E-state index < -0.39 is 33.7 Å². The number of nitrogens with zero attached hydrogens (tertiary/aromatic N) is 1. The van der Waals surface area contributed by atoms with E-state index in [1.807, 2.05) is 0 Å². The third-order valence-corrected chi connectivity index (χ3v) is 4.72. The second kappa shape index (κ2) is 5.45. The number of hydrogen-bond donors (Lipinski definition) is 0. The highest BCUT2D eigenvalue weighted by Crippen LogP contribution is 2.29. The minimum Gasteiger partial charge on any atom is -0.297 e. The summed E-state index contributed by atoms with van der Waals surface area (Å²) < 4.78 is 61.6. The van der Waals surface area contributed by atoms with Crippen LogP contribution in [0.3, 0.4) is 0 Å². The van der Waals surface area contributed by atoms with Gasteiger partial charge in [0.25, 0.3) is 0 Å². The number of amides is 1. The minimum absolute atomic E-state index is 0.0210. The van der Waals surface area contributed by atoms with Crippen molar-refractivity contribution in [3.63, 3.8) is 0 Å². The summed E-state index contributed by atoms with van der Waals surface area (Å²) in [7, 11) is -3.59. The van der Waals surface area contributed by atoms with Gasteiger partial charge in [-0.25, -0.2) is 8.42 Å². The molecule has 1 atom stereocenters. The molecule has 0 aromatic heterocycles. The standard InChI is InChI=1S/C12H9BrF3NO3S/c13-8-1-3-9(4-2-8)17(11(18)12(14,15)16)10-5-6-21(19,20)7-10/h1-6,10H,7H2/t10-/m1/s1. The quantitative estimate of drug-likeness (QED) is 0.788. The van der Waals surface area contributed by atoms with Gasteiger partial charge in [0.1, 0.15) is 0 Å². The van der Waals surface area contributed by atoms with E-state index in [4.69, 9.17) is 0 Å². The van der Waals surface area contributed by atoms with Crippen LogP contribution in [0.25, 0.3) is 0 Å². The van der Waals surface area contributed by atoms with E-state index in [9.17, 15) is 26.4 Å². The zero-order chi connectivity index (χ0) is 15.8. The maximum Gasteiger partial charge on any atom is 0.471 e. The number of hydrogen-bond acceptors (Lipinski definition) is 3. The Balaban J connectivity index is 2.43. The molecule has 9 heteroatoms. The van der Waals surface area contributed by atoms with Crippen molar-refractivity contribution in [3.05, 3.63) is 40.2 Å². The van der Waals surface area contributed by atoms with E-state index in [0.29, 0.717) is 9.37 Å². The zero-order valence-electron chi connectivity index (χ0n) is 10.3. The molecule has 1 aromatic rings. The molecule has 1 amide bonds. The largest absolute Gasteiger partial charge is 0.471 e. The van der Waals surface area contributed by atoms with Crippen molar-refractivity contribution in [1.82, 2.24) is 0 Å². The molecule has 0 fully saturated rings. The SMILES string of the molecule is O=C(N(c1ccc(Br)cc1)[C@@H]1C=CS(=O)(=O)C1)C(F)(F)F.